The molecule has 3 aromatic carbocycles. The van der Waals surface area contributed by atoms with Crippen molar-refractivity contribution in [2.45, 2.75) is 11.8 Å². The zero-order chi connectivity index (χ0) is 19.8. The van der Waals surface area contributed by atoms with Crippen molar-refractivity contribution in [1.82, 2.24) is 0 Å². The van der Waals surface area contributed by atoms with Crippen LogP contribution in [0.1, 0.15) is 5.56 Å². The molecule has 0 aliphatic heterocycles. The maximum Gasteiger partial charge on any atom is 1.00 e. The first-order chi connectivity index (χ1) is 12.7. The van der Waals surface area contributed by atoms with Gasteiger partial charge in [0.05, 0.1) is 15.5 Å². The van der Waals surface area contributed by atoms with Crippen LogP contribution in [0, 0.1) is 17.0 Å². The van der Waals surface area contributed by atoms with Crippen molar-refractivity contribution in [1.29, 1.82) is 0 Å². The molecular formula is C17H13N4NaO5S. The number of nitro groups is 1. The summed E-state index contributed by atoms with van der Waals surface area (Å²) in [4.78, 5) is 10.1. The predicted molar refractivity (Wildman–Crippen MR) is 98.3 cm³/mol. The maximum atomic E-state index is 11.6. The van der Waals surface area contributed by atoms with Gasteiger partial charge in [-0.25, -0.2) is 8.42 Å². The second kappa shape index (κ2) is 8.33. The topological polar surface area (TPSA) is 151 Å². The average molecular weight is 408 g/mol. The minimum Gasteiger partial charge on any atom is -0.744 e. The standard InChI is InChI=1S/C17H14N4O5S.Na/c1-10-6-7-13(15(8-10)21(22)23)19-20-14-9-16(27(24,25)26)11-4-2-3-5-12(11)17(14)18;/h2-9H,18H2,1H3,(H,24,25,26);/q;+1/p-1. The van der Waals surface area contributed by atoms with E-state index in [-0.39, 0.29) is 57.7 Å². The summed E-state index contributed by atoms with van der Waals surface area (Å²) in [7, 11) is -4.79. The number of hydrogen-bond acceptors (Lipinski definition) is 8. The summed E-state index contributed by atoms with van der Waals surface area (Å²) in [5.41, 5.74) is 6.46. The van der Waals surface area contributed by atoms with Gasteiger partial charge in [-0.05, 0) is 24.6 Å². The number of nitrogens with two attached hydrogens (primary N) is 1. The third kappa shape index (κ3) is 4.37. The van der Waals surface area contributed by atoms with Crippen LogP contribution in [0.2, 0.25) is 0 Å². The van der Waals surface area contributed by atoms with Gasteiger partial charge in [0.2, 0.25) is 0 Å². The fraction of sp³-hybridized carbons (Fsp3) is 0.0588. The van der Waals surface area contributed by atoms with Gasteiger partial charge in [-0.1, -0.05) is 30.3 Å². The molecule has 0 aromatic heterocycles. The van der Waals surface area contributed by atoms with E-state index < -0.39 is 19.9 Å². The number of fused-ring (bicyclic) bond motifs is 1. The van der Waals surface area contributed by atoms with Crippen LogP contribution in [-0.2, 0) is 10.1 Å². The monoisotopic (exact) mass is 408 g/mol. The molecule has 9 nitrogen and oxygen atoms in total. The van der Waals surface area contributed by atoms with Crippen LogP contribution < -0.4 is 35.3 Å². The van der Waals surface area contributed by atoms with Gasteiger partial charge in [-0.2, -0.15) is 0 Å². The van der Waals surface area contributed by atoms with E-state index in [2.05, 4.69) is 10.2 Å². The number of nitrogen functional groups attached to an aromatic ring is 1. The van der Waals surface area contributed by atoms with Gasteiger partial charge in [0.25, 0.3) is 5.69 Å². The van der Waals surface area contributed by atoms with E-state index >= 15 is 0 Å². The Morgan fingerprint density at radius 3 is 2.21 bits per heavy atom. The second-order valence-electron chi connectivity index (χ2n) is 5.76. The molecule has 0 saturated heterocycles. The maximum absolute atomic E-state index is 11.6. The third-order valence-electron chi connectivity index (χ3n) is 3.89. The van der Waals surface area contributed by atoms with Gasteiger partial charge in [0.1, 0.15) is 15.8 Å². The van der Waals surface area contributed by atoms with E-state index in [0.29, 0.717) is 10.9 Å². The molecule has 0 aliphatic rings. The first-order valence-corrected chi connectivity index (χ1v) is 9.03. The van der Waals surface area contributed by atoms with Crippen LogP contribution in [0.15, 0.2) is 63.7 Å². The van der Waals surface area contributed by atoms with Gasteiger partial charge < -0.3 is 10.3 Å². The number of azo groups is 1. The summed E-state index contributed by atoms with van der Waals surface area (Å²) in [5.74, 6) is 0. The third-order valence-corrected chi connectivity index (χ3v) is 4.77. The van der Waals surface area contributed by atoms with Gasteiger partial charge >= 0.3 is 29.6 Å². The Balaban J connectivity index is 0.00000280. The Hall–Kier alpha value is -2.37. The summed E-state index contributed by atoms with van der Waals surface area (Å²) in [6.07, 6.45) is 0. The molecule has 0 unspecified atom stereocenters. The van der Waals surface area contributed by atoms with Gasteiger partial charge in [0, 0.05) is 16.8 Å². The van der Waals surface area contributed by atoms with E-state index in [0.717, 1.165) is 6.07 Å². The number of rotatable bonds is 4. The Labute approximate surface area is 182 Å². The van der Waals surface area contributed by atoms with Crippen LogP contribution in [0.3, 0.4) is 0 Å². The van der Waals surface area contributed by atoms with Crippen molar-refractivity contribution < 1.29 is 47.5 Å². The van der Waals surface area contributed by atoms with Crippen LogP contribution in [-0.4, -0.2) is 17.9 Å². The minimum absolute atomic E-state index is 0. The normalized spacial score (nSPS) is 11.5. The molecule has 0 fully saturated rings. The molecule has 0 aliphatic carbocycles. The molecule has 2 N–H and O–H groups in total. The zero-order valence-corrected chi connectivity index (χ0v) is 17.8. The Bertz CT molecular complexity index is 1210. The molecule has 0 saturated carbocycles. The van der Waals surface area contributed by atoms with Crippen molar-refractivity contribution in [2.24, 2.45) is 10.2 Å². The molecule has 138 valence electrons. The van der Waals surface area contributed by atoms with Crippen LogP contribution >= 0.6 is 0 Å². The molecule has 0 heterocycles. The Morgan fingerprint density at radius 2 is 1.61 bits per heavy atom. The van der Waals surface area contributed by atoms with Gasteiger partial charge in [-0.15, -0.1) is 10.2 Å². The van der Waals surface area contributed by atoms with E-state index in [1.54, 1.807) is 31.2 Å². The second-order valence-corrected chi connectivity index (χ2v) is 7.10. The van der Waals surface area contributed by atoms with E-state index in [1.165, 1.54) is 18.2 Å². The Kier molecular flexibility index (Phi) is 6.52. The van der Waals surface area contributed by atoms with Gasteiger partial charge in [0.15, 0.2) is 5.69 Å². The smallest absolute Gasteiger partial charge is 0.744 e. The van der Waals surface area contributed by atoms with Crippen molar-refractivity contribution in [3.8, 4) is 0 Å². The molecule has 0 atom stereocenters. The average Bonchev–Trinajstić information content (AvgIpc) is 2.61. The summed E-state index contributed by atoms with van der Waals surface area (Å²) in [5, 5.41) is 19.4. The number of anilines is 1. The molecule has 28 heavy (non-hydrogen) atoms. The van der Waals surface area contributed by atoms with Crippen molar-refractivity contribution in [2.75, 3.05) is 5.73 Å². The molecule has 0 bridgehead atoms. The predicted octanol–water partition coefficient (Wildman–Crippen LogP) is 0.962. The van der Waals surface area contributed by atoms with Gasteiger partial charge in [-0.3, -0.25) is 10.1 Å². The van der Waals surface area contributed by atoms with Crippen LogP contribution in [0.5, 0.6) is 0 Å². The van der Waals surface area contributed by atoms with E-state index in [9.17, 15) is 23.1 Å². The molecule has 0 spiro atoms. The number of aryl methyl sites for hydroxylation is 1. The number of nitrogens with zero attached hydrogens (tertiary/aromatic N) is 3. The largest absolute Gasteiger partial charge is 1.00 e. The zero-order valence-electron chi connectivity index (χ0n) is 15.0. The molecule has 11 heteroatoms. The number of benzene rings is 3. The molecule has 3 rings (SSSR count). The molecule has 3 aromatic rings. The first-order valence-electron chi connectivity index (χ1n) is 7.62. The van der Waals surface area contributed by atoms with Crippen molar-refractivity contribution in [3.05, 3.63) is 64.2 Å². The number of hydrogen-bond donors (Lipinski definition) is 1. The SMILES string of the molecule is Cc1ccc(N=Nc2cc(S(=O)(=O)[O-])c3ccccc3c2N)c([N+](=O)[O-])c1.[Na+]. The van der Waals surface area contributed by atoms with E-state index in [4.69, 9.17) is 5.73 Å². The first kappa shape index (κ1) is 21.9. The Morgan fingerprint density at radius 1 is 1.00 bits per heavy atom. The quantitative estimate of drug-likeness (QED) is 0.170. The summed E-state index contributed by atoms with van der Waals surface area (Å²) in [6.45, 7) is 1.70. The minimum atomic E-state index is -4.79. The fourth-order valence-corrected chi connectivity index (χ4v) is 3.32. The van der Waals surface area contributed by atoms with Crippen molar-refractivity contribution in [3.63, 3.8) is 0 Å². The molecule has 0 radical (unpaired) electrons. The summed E-state index contributed by atoms with van der Waals surface area (Å²) >= 11 is 0. The molecule has 0 amide bonds. The summed E-state index contributed by atoms with van der Waals surface area (Å²) in [6, 6.07) is 11.6. The van der Waals surface area contributed by atoms with Crippen LogP contribution in [0.4, 0.5) is 22.7 Å². The van der Waals surface area contributed by atoms with E-state index in [1.807, 2.05) is 0 Å². The molecular weight excluding hydrogens is 395 g/mol. The van der Waals surface area contributed by atoms with Crippen LogP contribution in [0.25, 0.3) is 10.8 Å². The fourth-order valence-electron chi connectivity index (χ4n) is 2.61. The van der Waals surface area contributed by atoms with Crippen molar-refractivity contribution >= 4 is 43.6 Å². The number of nitro benzene ring substituents is 1. The summed E-state index contributed by atoms with van der Waals surface area (Å²) < 4.78 is 34.8.